The van der Waals surface area contributed by atoms with Crippen molar-refractivity contribution in [3.63, 3.8) is 0 Å². The fraction of sp³-hybridized carbons (Fsp3) is 0.143. The molecule has 1 unspecified atom stereocenters. The Morgan fingerprint density at radius 1 is 1.13 bits per heavy atom. The summed E-state index contributed by atoms with van der Waals surface area (Å²) in [5.74, 6) is -2.44. The number of benzene rings is 3. The van der Waals surface area contributed by atoms with Gasteiger partial charge in [-0.05, 0) is 53.1 Å². The summed E-state index contributed by atoms with van der Waals surface area (Å²) in [5, 5.41) is 13.9. The lowest BCUT2D eigenvalue weighted by Gasteiger charge is -2.28. The van der Waals surface area contributed by atoms with Crippen LogP contribution >= 0.6 is 11.3 Å². The molecule has 0 saturated heterocycles. The molecule has 0 aliphatic carbocycles. The SMILES string of the molecule is COCOc1ccc(F)cc1C(C(=O)Nc1nccs1)N1Cc2ccc(-c3ccc(C(=O)O)cc3)cc2C1=O. The van der Waals surface area contributed by atoms with Gasteiger partial charge in [0.2, 0.25) is 0 Å². The number of hydrogen-bond donors (Lipinski definition) is 2. The van der Waals surface area contributed by atoms with Crippen molar-refractivity contribution >= 4 is 34.3 Å². The Kier molecular flexibility index (Phi) is 7.35. The maximum Gasteiger partial charge on any atom is 0.335 e. The third kappa shape index (κ3) is 5.35. The summed E-state index contributed by atoms with van der Waals surface area (Å²) in [6, 6.07) is 14.1. The molecule has 2 N–H and O–H groups in total. The second-order valence-corrected chi connectivity index (χ2v) is 9.54. The largest absolute Gasteiger partial charge is 0.478 e. The number of fused-ring (bicyclic) bond motifs is 1. The maximum absolute atomic E-state index is 14.5. The molecule has 0 saturated carbocycles. The van der Waals surface area contributed by atoms with E-state index in [2.05, 4.69) is 10.3 Å². The Morgan fingerprint density at radius 3 is 2.59 bits per heavy atom. The van der Waals surface area contributed by atoms with Crippen molar-refractivity contribution in [2.45, 2.75) is 12.6 Å². The quantitative estimate of drug-likeness (QED) is 0.284. The molecular formula is C28H22FN3O6S. The number of carboxylic acid groups (broad SMARTS) is 1. The van der Waals surface area contributed by atoms with Crippen LogP contribution in [0.3, 0.4) is 0 Å². The fourth-order valence-corrected chi connectivity index (χ4v) is 4.95. The number of ether oxygens (including phenoxy) is 2. The van der Waals surface area contributed by atoms with E-state index >= 15 is 0 Å². The lowest BCUT2D eigenvalue weighted by molar-refractivity contribution is -0.121. The van der Waals surface area contributed by atoms with Crippen LogP contribution in [-0.4, -0.2) is 46.7 Å². The number of carboxylic acids is 1. The Balaban J connectivity index is 1.52. The van der Waals surface area contributed by atoms with Gasteiger partial charge in [0.1, 0.15) is 17.6 Å². The molecule has 1 aromatic heterocycles. The molecule has 11 heteroatoms. The van der Waals surface area contributed by atoms with Crippen molar-refractivity contribution < 1.29 is 33.4 Å². The molecule has 0 spiro atoms. The van der Waals surface area contributed by atoms with Crippen molar-refractivity contribution in [2.24, 2.45) is 0 Å². The number of thiazole rings is 1. The Hall–Kier alpha value is -4.61. The van der Waals surface area contributed by atoms with Gasteiger partial charge in [-0.1, -0.05) is 24.3 Å². The molecule has 0 radical (unpaired) electrons. The van der Waals surface area contributed by atoms with Gasteiger partial charge in [-0.15, -0.1) is 11.3 Å². The van der Waals surface area contributed by atoms with Gasteiger partial charge in [0.25, 0.3) is 11.8 Å². The highest BCUT2D eigenvalue weighted by molar-refractivity contribution is 7.13. The Bertz CT molecular complexity index is 1540. The van der Waals surface area contributed by atoms with Crippen molar-refractivity contribution in [2.75, 3.05) is 19.2 Å². The molecule has 9 nitrogen and oxygen atoms in total. The number of methoxy groups -OCH3 is 1. The van der Waals surface area contributed by atoms with E-state index in [-0.39, 0.29) is 30.2 Å². The molecule has 5 rings (SSSR count). The van der Waals surface area contributed by atoms with Crippen LogP contribution in [0, 0.1) is 5.82 Å². The van der Waals surface area contributed by atoms with Crippen LogP contribution in [-0.2, 0) is 16.1 Å². The normalized spacial score (nSPS) is 13.2. The minimum absolute atomic E-state index is 0.0998. The highest BCUT2D eigenvalue weighted by Crippen LogP contribution is 2.38. The first-order valence-corrected chi connectivity index (χ1v) is 12.6. The van der Waals surface area contributed by atoms with E-state index in [4.69, 9.17) is 14.6 Å². The van der Waals surface area contributed by atoms with Crippen LogP contribution in [0.15, 0.2) is 72.2 Å². The maximum atomic E-state index is 14.5. The molecule has 2 amide bonds. The number of aromatic nitrogens is 1. The van der Waals surface area contributed by atoms with Crippen LogP contribution in [0.1, 0.15) is 37.9 Å². The standard InChI is InChI=1S/C28H22FN3O6S/c1-37-15-38-23-9-8-20(29)13-22(23)24(25(33)31-28-30-10-11-39-28)32-14-19-7-6-18(12-21(19)26(32)34)16-2-4-17(5-3-16)27(35)36/h2-13,24H,14-15H2,1H3,(H,35,36)(H,30,31,33). The number of carbonyl (C=O) groups is 3. The number of nitrogens with zero attached hydrogens (tertiary/aromatic N) is 2. The summed E-state index contributed by atoms with van der Waals surface area (Å²) < 4.78 is 25.1. The first-order valence-electron chi connectivity index (χ1n) is 11.7. The molecule has 0 bridgehead atoms. The topological polar surface area (TPSA) is 118 Å². The number of halogens is 1. The molecule has 39 heavy (non-hydrogen) atoms. The van der Waals surface area contributed by atoms with E-state index in [1.54, 1.807) is 29.6 Å². The zero-order chi connectivity index (χ0) is 27.5. The summed E-state index contributed by atoms with van der Waals surface area (Å²) in [6.07, 6.45) is 1.53. The second-order valence-electron chi connectivity index (χ2n) is 8.65. The summed E-state index contributed by atoms with van der Waals surface area (Å²) in [6.45, 7) is -0.0414. The molecule has 198 valence electrons. The molecule has 3 aromatic carbocycles. The molecule has 1 aliphatic heterocycles. The van der Waals surface area contributed by atoms with Gasteiger partial charge in [-0.25, -0.2) is 14.2 Å². The highest BCUT2D eigenvalue weighted by atomic mass is 32.1. The molecule has 2 heterocycles. The van der Waals surface area contributed by atoms with Crippen molar-refractivity contribution in [3.05, 3.63) is 100 Å². The molecule has 1 atom stereocenters. The lowest BCUT2D eigenvalue weighted by Crippen LogP contribution is -2.38. The van der Waals surface area contributed by atoms with Crippen molar-refractivity contribution in [1.29, 1.82) is 0 Å². The number of rotatable bonds is 9. The number of amides is 2. The van der Waals surface area contributed by atoms with E-state index < -0.39 is 29.6 Å². The van der Waals surface area contributed by atoms with E-state index in [1.807, 2.05) is 6.07 Å². The number of aromatic carboxylic acids is 1. The third-order valence-electron chi connectivity index (χ3n) is 6.23. The first-order chi connectivity index (χ1) is 18.9. The van der Waals surface area contributed by atoms with Gasteiger partial charge in [0, 0.05) is 36.4 Å². The third-order valence-corrected chi connectivity index (χ3v) is 6.92. The Labute approximate surface area is 226 Å². The van der Waals surface area contributed by atoms with Crippen LogP contribution in [0.5, 0.6) is 5.75 Å². The van der Waals surface area contributed by atoms with Gasteiger partial charge < -0.3 is 19.5 Å². The molecule has 4 aromatic rings. The Morgan fingerprint density at radius 2 is 1.90 bits per heavy atom. The molecule has 0 fully saturated rings. The van der Waals surface area contributed by atoms with E-state index in [0.29, 0.717) is 21.8 Å². The number of carbonyl (C=O) groups excluding carboxylic acids is 2. The minimum Gasteiger partial charge on any atom is -0.478 e. The summed E-state index contributed by atoms with van der Waals surface area (Å²) in [5.41, 5.74) is 2.82. The predicted molar refractivity (Wildman–Crippen MR) is 141 cm³/mol. The molecular weight excluding hydrogens is 525 g/mol. The highest BCUT2D eigenvalue weighted by Gasteiger charge is 2.39. The number of hydrogen-bond acceptors (Lipinski definition) is 7. The van der Waals surface area contributed by atoms with Gasteiger partial charge in [0.05, 0.1) is 5.56 Å². The minimum atomic E-state index is -1.24. The van der Waals surface area contributed by atoms with Crippen LogP contribution < -0.4 is 10.1 Å². The van der Waals surface area contributed by atoms with Crippen molar-refractivity contribution in [3.8, 4) is 16.9 Å². The van der Waals surface area contributed by atoms with E-state index in [1.165, 1.54) is 59.9 Å². The van der Waals surface area contributed by atoms with Gasteiger partial charge in [-0.3, -0.25) is 14.9 Å². The van der Waals surface area contributed by atoms with Gasteiger partial charge in [-0.2, -0.15) is 0 Å². The summed E-state index contributed by atoms with van der Waals surface area (Å²) >= 11 is 1.21. The fourth-order valence-electron chi connectivity index (χ4n) is 4.41. The van der Waals surface area contributed by atoms with E-state index in [0.717, 1.165) is 5.56 Å². The van der Waals surface area contributed by atoms with Crippen LogP contribution in [0.4, 0.5) is 9.52 Å². The lowest BCUT2D eigenvalue weighted by atomic mass is 9.99. The average molecular weight is 548 g/mol. The number of anilines is 1. The first kappa shape index (κ1) is 26.0. The average Bonchev–Trinajstić information content (AvgIpc) is 3.56. The second kappa shape index (κ2) is 11.0. The summed E-state index contributed by atoms with van der Waals surface area (Å²) in [7, 11) is 1.43. The number of nitrogens with one attached hydrogen (secondary N) is 1. The smallest absolute Gasteiger partial charge is 0.335 e. The molecule has 1 aliphatic rings. The van der Waals surface area contributed by atoms with E-state index in [9.17, 15) is 18.8 Å². The van der Waals surface area contributed by atoms with Gasteiger partial charge >= 0.3 is 5.97 Å². The monoisotopic (exact) mass is 547 g/mol. The van der Waals surface area contributed by atoms with Crippen LogP contribution in [0.25, 0.3) is 11.1 Å². The zero-order valence-corrected chi connectivity index (χ0v) is 21.4. The summed E-state index contributed by atoms with van der Waals surface area (Å²) in [4.78, 5) is 44.0. The predicted octanol–water partition coefficient (Wildman–Crippen LogP) is 4.97. The van der Waals surface area contributed by atoms with Crippen molar-refractivity contribution in [1.82, 2.24) is 9.88 Å². The van der Waals surface area contributed by atoms with Gasteiger partial charge in [0.15, 0.2) is 11.9 Å². The zero-order valence-electron chi connectivity index (χ0n) is 20.6. The van der Waals surface area contributed by atoms with Crippen LogP contribution in [0.2, 0.25) is 0 Å².